The summed E-state index contributed by atoms with van der Waals surface area (Å²) in [4.78, 5) is 27.5. The molecule has 2 N–H and O–H groups in total. The van der Waals surface area contributed by atoms with Crippen LogP contribution >= 0.6 is 0 Å². The molecule has 0 saturated heterocycles. The van der Waals surface area contributed by atoms with Crippen molar-refractivity contribution >= 4 is 29.8 Å². The average Bonchev–Trinajstić information content (AvgIpc) is 2.85. The number of benzene rings is 3. The van der Waals surface area contributed by atoms with Gasteiger partial charge >= 0.3 is 0 Å². The molecule has 0 aliphatic heterocycles. The van der Waals surface area contributed by atoms with Gasteiger partial charge < -0.3 is 15.0 Å². The van der Waals surface area contributed by atoms with Gasteiger partial charge in [0.15, 0.2) is 0 Å². The molecule has 2 amide bonds. The molecule has 0 aliphatic rings. The number of nitrogens with one attached hydrogen (secondary N) is 2. The van der Waals surface area contributed by atoms with Crippen molar-refractivity contribution in [1.29, 1.82) is 0 Å². The van der Waals surface area contributed by atoms with Gasteiger partial charge in [-0.25, -0.2) is 5.43 Å². The number of carbonyl (C=O) groups is 2. The van der Waals surface area contributed by atoms with Crippen molar-refractivity contribution in [2.24, 2.45) is 5.10 Å². The molecule has 3 aromatic rings. The number of ether oxygens (including phenoxy) is 1. The van der Waals surface area contributed by atoms with E-state index in [4.69, 9.17) is 4.74 Å². The van der Waals surface area contributed by atoms with Gasteiger partial charge in [0, 0.05) is 25.3 Å². The maximum atomic E-state index is 12.9. The second kappa shape index (κ2) is 12.0. The van der Waals surface area contributed by atoms with E-state index in [2.05, 4.69) is 15.8 Å². The van der Waals surface area contributed by atoms with E-state index in [0.29, 0.717) is 12.2 Å². The van der Waals surface area contributed by atoms with Crippen LogP contribution < -0.4 is 20.4 Å². The third-order valence-corrected chi connectivity index (χ3v) is 4.82. The van der Waals surface area contributed by atoms with Crippen LogP contribution in [0.3, 0.4) is 0 Å². The van der Waals surface area contributed by atoms with Crippen molar-refractivity contribution in [1.82, 2.24) is 10.7 Å². The summed E-state index contributed by atoms with van der Waals surface area (Å²) in [6, 6.07) is 23.7. The first-order chi connectivity index (χ1) is 16.5. The Morgan fingerprint density at radius 1 is 0.912 bits per heavy atom. The topological polar surface area (TPSA) is 83.0 Å². The fraction of sp³-hybridized carbons (Fsp3) is 0.148. The number of hydrazone groups is 1. The molecule has 0 unspecified atom stereocenters. The zero-order valence-electron chi connectivity index (χ0n) is 19.5. The predicted octanol–water partition coefficient (Wildman–Crippen LogP) is 4.07. The van der Waals surface area contributed by atoms with Crippen molar-refractivity contribution in [3.8, 4) is 5.75 Å². The molecule has 174 valence electrons. The first-order valence-corrected chi connectivity index (χ1v) is 10.9. The number of amides is 2. The number of rotatable bonds is 9. The molecule has 0 saturated carbocycles. The minimum absolute atomic E-state index is 0.0790. The highest BCUT2D eigenvalue weighted by atomic mass is 16.5. The van der Waals surface area contributed by atoms with Crippen LogP contribution in [0.1, 0.15) is 28.4 Å². The summed E-state index contributed by atoms with van der Waals surface area (Å²) in [7, 11) is 3.90. The Morgan fingerprint density at radius 3 is 2.18 bits per heavy atom. The van der Waals surface area contributed by atoms with E-state index < -0.39 is 5.91 Å². The standard InChI is InChI=1S/C27H28N4O3/c1-4-34-24-16-12-21(13-17-24)19-28-30-27(33)25(29-26(32)22-8-6-5-7-9-22)18-20-10-14-23(15-11-20)31(2)3/h5-19H,4H2,1-3H3,(H,29,32)(H,30,33)/b25-18-,28-19?. The first kappa shape index (κ1) is 24.3. The van der Waals surface area contributed by atoms with Gasteiger partial charge in [-0.1, -0.05) is 30.3 Å². The molecule has 0 radical (unpaired) electrons. The average molecular weight is 457 g/mol. The summed E-state index contributed by atoms with van der Waals surface area (Å²) < 4.78 is 5.42. The monoisotopic (exact) mass is 456 g/mol. The Hall–Kier alpha value is -4.39. The van der Waals surface area contributed by atoms with E-state index in [0.717, 1.165) is 22.6 Å². The Kier molecular flexibility index (Phi) is 8.57. The molecule has 0 atom stereocenters. The van der Waals surface area contributed by atoms with Gasteiger partial charge in [-0.3, -0.25) is 9.59 Å². The van der Waals surface area contributed by atoms with Gasteiger partial charge in [-0.2, -0.15) is 5.10 Å². The van der Waals surface area contributed by atoms with Gasteiger partial charge in [0.2, 0.25) is 0 Å². The number of nitrogens with zero attached hydrogens (tertiary/aromatic N) is 2. The lowest BCUT2D eigenvalue weighted by molar-refractivity contribution is -0.117. The Balaban J connectivity index is 1.77. The van der Waals surface area contributed by atoms with E-state index in [1.54, 1.807) is 30.3 Å². The molecule has 7 heteroatoms. The zero-order chi connectivity index (χ0) is 24.3. The Bertz CT molecular complexity index is 1150. The van der Waals surface area contributed by atoms with E-state index >= 15 is 0 Å². The van der Waals surface area contributed by atoms with E-state index in [1.807, 2.05) is 80.5 Å². The molecule has 0 fully saturated rings. The largest absolute Gasteiger partial charge is 0.494 e. The van der Waals surface area contributed by atoms with Crippen molar-refractivity contribution < 1.29 is 14.3 Å². The molecule has 34 heavy (non-hydrogen) atoms. The fourth-order valence-electron chi connectivity index (χ4n) is 3.02. The molecular formula is C27H28N4O3. The van der Waals surface area contributed by atoms with Crippen LogP contribution in [0, 0.1) is 0 Å². The van der Waals surface area contributed by atoms with Gasteiger partial charge in [0.25, 0.3) is 11.8 Å². The van der Waals surface area contributed by atoms with E-state index in [-0.39, 0.29) is 11.6 Å². The van der Waals surface area contributed by atoms with Gasteiger partial charge in [0.05, 0.1) is 12.8 Å². The smallest absolute Gasteiger partial charge is 0.287 e. The van der Waals surface area contributed by atoms with Crippen LogP contribution in [0.4, 0.5) is 5.69 Å². The molecule has 0 bridgehead atoms. The second-order valence-electron chi connectivity index (χ2n) is 7.57. The number of anilines is 1. The van der Waals surface area contributed by atoms with Crippen LogP contribution in [-0.2, 0) is 4.79 Å². The van der Waals surface area contributed by atoms with Crippen LogP contribution in [0.15, 0.2) is 89.7 Å². The van der Waals surface area contributed by atoms with Crippen molar-refractivity contribution in [3.63, 3.8) is 0 Å². The number of hydrogen-bond donors (Lipinski definition) is 2. The van der Waals surface area contributed by atoms with Crippen molar-refractivity contribution in [2.45, 2.75) is 6.92 Å². The third-order valence-electron chi connectivity index (χ3n) is 4.82. The zero-order valence-corrected chi connectivity index (χ0v) is 19.5. The van der Waals surface area contributed by atoms with Crippen LogP contribution in [0.2, 0.25) is 0 Å². The highest BCUT2D eigenvalue weighted by Crippen LogP contribution is 2.15. The summed E-state index contributed by atoms with van der Waals surface area (Å²) >= 11 is 0. The van der Waals surface area contributed by atoms with Crippen LogP contribution in [-0.4, -0.2) is 38.7 Å². The van der Waals surface area contributed by atoms with Gasteiger partial charge in [-0.15, -0.1) is 0 Å². The predicted molar refractivity (Wildman–Crippen MR) is 136 cm³/mol. The highest BCUT2D eigenvalue weighted by molar-refractivity contribution is 6.05. The Labute approximate surface area is 199 Å². The number of hydrogen-bond acceptors (Lipinski definition) is 5. The van der Waals surface area contributed by atoms with Gasteiger partial charge in [0.1, 0.15) is 11.4 Å². The Morgan fingerprint density at radius 2 is 1.56 bits per heavy atom. The molecule has 0 heterocycles. The second-order valence-corrected chi connectivity index (χ2v) is 7.57. The molecule has 0 aromatic heterocycles. The molecule has 3 rings (SSSR count). The maximum Gasteiger partial charge on any atom is 0.287 e. The van der Waals surface area contributed by atoms with Crippen molar-refractivity contribution in [2.75, 3.05) is 25.6 Å². The summed E-state index contributed by atoms with van der Waals surface area (Å²) in [6.07, 6.45) is 3.14. The maximum absolute atomic E-state index is 12.9. The highest BCUT2D eigenvalue weighted by Gasteiger charge is 2.14. The lowest BCUT2D eigenvalue weighted by Crippen LogP contribution is -2.32. The quantitative estimate of drug-likeness (QED) is 0.289. The summed E-state index contributed by atoms with van der Waals surface area (Å²) in [5, 5.41) is 6.73. The van der Waals surface area contributed by atoms with Crippen LogP contribution in [0.5, 0.6) is 5.75 Å². The fourth-order valence-corrected chi connectivity index (χ4v) is 3.02. The molecule has 3 aromatic carbocycles. The van der Waals surface area contributed by atoms with Gasteiger partial charge in [-0.05, 0) is 72.7 Å². The molecular weight excluding hydrogens is 428 g/mol. The lowest BCUT2D eigenvalue weighted by Gasteiger charge is -2.12. The summed E-state index contributed by atoms with van der Waals surface area (Å²) in [5.41, 5.74) is 5.59. The first-order valence-electron chi connectivity index (χ1n) is 10.9. The van der Waals surface area contributed by atoms with E-state index in [9.17, 15) is 9.59 Å². The minimum atomic E-state index is -0.539. The third kappa shape index (κ3) is 7.06. The normalized spacial score (nSPS) is 11.2. The van der Waals surface area contributed by atoms with E-state index in [1.165, 1.54) is 6.21 Å². The summed E-state index contributed by atoms with van der Waals surface area (Å²) in [6.45, 7) is 2.51. The van der Waals surface area contributed by atoms with Crippen molar-refractivity contribution in [3.05, 3.63) is 101 Å². The minimum Gasteiger partial charge on any atom is -0.494 e. The molecule has 0 aliphatic carbocycles. The summed E-state index contributed by atoms with van der Waals surface area (Å²) in [5.74, 6) is -0.164. The lowest BCUT2D eigenvalue weighted by atomic mass is 10.1. The number of carbonyl (C=O) groups excluding carboxylic acids is 2. The SMILES string of the molecule is CCOc1ccc(C=NNC(=O)/C(=C/c2ccc(N(C)C)cc2)NC(=O)c2ccccc2)cc1. The van der Waals surface area contributed by atoms with Crippen LogP contribution in [0.25, 0.3) is 6.08 Å². The molecule has 7 nitrogen and oxygen atoms in total. The molecule has 0 spiro atoms.